The van der Waals surface area contributed by atoms with Gasteiger partial charge in [-0.05, 0) is 25.0 Å². The first-order valence-electron chi connectivity index (χ1n) is 7.22. The van der Waals surface area contributed by atoms with E-state index >= 15 is 0 Å². The van der Waals surface area contributed by atoms with Gasteiger partial charge in [-0.15, -0.1) is 0 Å². The zero-order chi connectivity index (χ0) is 14.3. The monoisotopic (exact) mass is 276 g/mol. The first-order chi connectivity index (χ1) is 9.56. The summed E-state index contributed by atoms with van der Waals surface area (Å²) in [5.41, 5.74) is 0. The van der Waals surface area contributed by atoms with Crippen LogP contribution in [-0.4, -0.2) is 22.8 Å². The summed E-state index contributed by atoms with van der Waals surface area (Å²) in [6.07, 6.45) is 2.47. The average Bonchev–Trinajstić information content (AvgIpc) is 3.14. The molecule has 2 amide bonds. The Hall–Kier alpha value is -1.62. The van der Waals surface area contributed by atoms with Crippen LogP contribution in [0.3, 0.4) is 0 Å². The molecule has 1 aliphatic carbocycles. The fourth-order valence-corrected chi connectivity index (χ4v) is 2.47. The molecule has 3 rings (SSSR count). The van der Waals surface area contributed by atoms with E-state index in [9.17, 15) is 9.59 Å². The van der Waals surface area contributed by atoms with Gasteiger partial charge in [0.05, 0.1) is 13.1 Å². The van der Waals surface area contributed by atoms with Crippen LogP contribution in [-0.2, 0) is 22.7 Å². The minimum Gasteiger partial charge on any atom is -0.463 e. The van der Waals surface area contributed by atoms with Gasteiger partial charge in [-0.25, -0.2) is 0 Å². The first-order valence-corrected chi connectivity index (χ1v) is 7.22. The third-order valence-corrected chi connectivity index (χ3v) is 4.23. The van der Waals surface area contributed by atoms with E-state index in [1.54, 1.807) is 13.8 Å². The van der Waals surface area contributed by atoms with Crippen molar-refractivity contribution in [1.29, 1.82) is 0 Å². The van der Waals surface area contributed by atoms with Gasteiger partial charge in [-0.2, -0.15) is 0 Å². The lowest BCUT2D eigenvalue weighted by Gasteiger charge is -2.12. The SMILES string of the molecule is CC1C(=O)N(Cc2ccc(CNC3CC3)o2)C(=O)C1C. The Labute approximate surface area is 118 Å². The van der Waals surface area contributed by atoms with E-state index in [-0.39, 0.29) is 30.2 Å². The maximum Gasteiger partial charge on any atom is 0.233 e. The molecule has 2 aliphatic rings. The van der Waals surface area contributed by atoms with E-state index in [1.807, 2.05) is 12.1 Å². The van der Waals surface area contributed by atoms with E-state index in [1.165, 1.54) is 17.7 Å². The molecule has 2 atom stereocenters. The van der Waals surface area contributed by atoms with Crippen LogP contribution in [0.15, 0.2) is 16.5 Å². The van der Waals surface area contributed by atoms with E-state index in [0.717, 1.165) is 5.76 Å². The van der Waals surface area contributed by atoms with Crippen molar-refractivity contribution in [3.05, 3.63) is 23.7 Å². The number of carbonyl (C=O) groups excluding carboxylic acids is 2. The largest absolute Gasteiger partial charge is 0.463 e. The summed E-state index contributed by atoms with van der Waals surface area (Å²) in [5.74, 6) is 0.864. The quantitative estimate of drug-likeness (QED) is 0.831. The summed E-state index contributed by atoms with van der Waals surface area (Å²) < 4.78 is 5.68. The van der Waals surface area contributed by atoms with Crippen molar-refractivity contribution < 1.29 is 14.0 Å². The predicted molar refractivity (Wildman–Crippen MR) is 72.5 cm³/mol. The minimum atomic E-state index is -0.228. The minimum absolute atomic E-state index is 0.100. The van der Waals surface area contributed by atoms with Gasteiger partial charge in [0.15, 0.2) is 0 Å². The molecule has 0 radical (unpaired) electrons. The van der Waals surface area contributed by atoms with Gasteiger partial charge < -0.3 is 9.73 Å². The molecule has 5 nitrogen and oxygen atoms in total. The standard InChI is InChI=1S/C15H20N2O3/c1-9-10(2)15(19)17(14(9)18)8-13-6-5-12(20-13)7-16-11-3-4-11/h5-6,9-11,16H,3-4,7-8H2,1-2H3. The van der Waals surface area contributed by atoms with Crippen molar-refractivity contribution in [2.45, 2.75) is 45.8 Å². The molecule has 0 aromatic carbocycles. The number of hydrogen-bond acceptors (Lipinski definition) is 4. The van der Waals surface area contributed by atoms with Crippen LogP contribution in [0.1, 0.15) is 38.2 Å². The molecule has 108 valence electrons. The molecule has 2 heterocycles. The van der Waals surface area contributed by atoms with Gasteiger partial charge in [0, 0.05) is 17.9 Å². The molecule has 1 aromatic rings. The number of amides is 2. The Morgan fingerprint density at radius 1 is 1.15 bits per heavy atom. The van der Waals surface area contributed by atoms with E-state index in [4.69, 9.17) is 4.42 Å². The number of nitrogens with zero attached hydrogens (tertiary/aromatic N) is 1. The molecular formula is C15H20N2O3. The smallest absolute Gasteiger partial charge is 0.233 e. The molecule has 1 aliphatic heterocycles. The molecule has 5 heteroatoms. The Morgan fingerprint density at radius 3 is 2.35 bits per heavy atom. The molecule has 20 heavy (non-hydrogen) atoms. The summed E-state index contributed by atoms with van der Waals surface area (Å²) in [6, 6.07) is 4.38. The molecular weight excluding hydrogens is 256 g/mol. The number of imide groups is 1. The summed E-state index contributed by atoms with van der Waals surface area (Å²) in [7, 11) is 0. The highest BCUT2D eigenvalue weighted by Gasteiger charge is 2.42. The van der Waals surface area contributed by atoms with Crippen molar-refractivity contribution in [3.8, 4) is 0 Å². The number of rotatable bonds is 5. The second kappa shape index (κ2) is 5.05. The van der Waals surface area contributed by atoms with Crippen molar-refractivity contribution in [2.24, 2.45) is 11.8 Å². The highest BCUT2D eigenvalue weighted by Crippen LogP contribution is 2.27. The van der Waals surface area contributed by atoms with Crippen LogP contribution in [0.5, 0.6) is 0 Å². The molecule has 0 bridgehead atoms. The second-order valence-corrected chi connectivity index (χ2v) is 5.86. The number of furan rings is 1. The Morgan fingerprint density at radius 2 is 1.75 bits per heavy atom. The third kappa shape index (κ3) is 2.50. The summed E-state index contributed by atoms with van der Waals surface area (Å²) >= 11 is 0. The number of carbonyl (C=O) groups is 2. The van der Waals surface area contributed by atoms with Gasteiger partial charge in [0.2, 0.25) is 11.8 Å². The fourth-order valence-electron chi connectivity index (χ4n) is 2.47. The van der Waals surface area contributed by atoms with Crippen molar-refractivity contribution in [1.82, 2.24) is 10.2 Å². The normalized spacial score (nSPS) is 26.6. The van der Waals surface area contributed by atoms with Gasteiger partial charge in [0.25, 0.3) is 0 Å². The Bertz CT molecular complexity index is 513. The van der Waals surface area contributed by atoms with Crippen LogP contribution in [0.2, 0.25) is 0 Å². The summed E-state index contributed by atoms with van der Waals surface area (Å²) in [6.45, 7) is 4.56. The van der Waals surface area contributed by atoms with E-state index < -0.39 is 0 Å². The summed E-state index contributed by atoms with van der Waals surface area (Å²) in [4.78, 5) is 25.3. The summed E-state index contributed by atoms with van der Waals surface area (Å²) in [5, 5.41) is 3.37. The van der Waals surface area contributed by atoms with Gasteiger partial charge in [0.1, 0.15) is 11.5 Å². The molecule has 1 N–H and O–H groups in total. The predicted octanol–water partition coefficient (Wildman–Crippen LogP) is 1.67. The van der Waals surface area contributed by atoms with E-state index in [0.29, 0.717) is 18.3 Å². The Balaban J connectivity index is 1.62. The number of nitrogens with one attached hydrogen (secondary N) is 1. The van der Waals surface area contributed by atoms with Crippen molar-refractivity contribution in [3.63, 3.8) is 0 Å². The Kier molecular flexibility index (Phi) is 3.38. The average molecular weight is 276 g/mol. The topological polar surface area (TPSA) is 62.6 Å². The van der Waals surface area contributed by atoms with Crippen LogP contribution < -0.4 is 5.32 Å². The highest BCUT2D eigenvalue weighted by atomic mass is 16.3. The molecule has 1 saturated heterocycles. The molecule has 0 spiro atoms. The van der Waals surface area contributed by atoms with Gasteiger partial charge in [-0.1, -0.05) is 13.8 Å². The van der Waals surface area contributed by atoms with Crippen LogP contribution >= 0.6 is 0 Å². The van der Waals surface area contributed by atoms with Crippen LogP contribution in [0, 0.1) is 11.8 Å². The first kappa shape index (κ1) is 13.4. The second-order valence-electron chi connectivity index (χ2n) is 5.86. The maximum atomic E-state index is 12.0. The molecule has 2 fully saturated rings. The van der Waals surface area contributed by atoms with Crippen molar-refractivity contribution >= 4 is 11.8 Å². The third-order valence-electron chi connectivity index (χ3n) is 4.23. The van der Waals surface area contributed by atoms with Crippen LogP contribution in [0.25, 0.3) is 0 Å². The lowest BCUT2D eigenvalue weighted by molar-refractivity contribution is -0.140. The lowest BCUT2D eigenvalue weighted by Crippen LogP contribution is -2.30. The van der Waals surface area contributed by atoms with Crippen molar-refractivity contribution in [2.75, 3.05) is 0 Å². The molecule has 1 aromatic heterocycles. The number of hydrogen-bond donors (Lipinski definition) is 1. The van der Waals surface area contributed by atoms with Gasteiger partial charge in [-0.3, -0.25) is 14.5 Å². The fraction of sp³-hybridized carbons (Fsp3) is 0.600. The zero-order valence-corrected chi connectivity index (χ0v) is 11.9. The van der Waals surface area contributed by atoms with E-state index in [2.05, 4.69) is 5.32 Å². The van der Waals surface area contributed by atoms with Crippen LogP contribution in [0.4, 0.5) is 0 Å². The van der Waals surface area contributed by atoms with Gasteiger partial charge >= 0.3 is 0 Å². The maximum absolute atomic E-state index is 12.0. The molecule has 2 unspecified atom stereocenters. The molecule has 1 saturated carbocycles. The zero-order valence-electron chi connectivity index (χ0n) is 11.9. The lowest BCUT2D eigenvalue weighted by atomic mass is 10.00. The highest BCUT2D eigenvalue weighted by molar-refractivity contribution is 6.04. The number of likely N-dealkylation sites (tertiary alicyclic amines) is 1.